The topological polar surface area (TPSA) is 15.3 Å². The van der Waals surface area contributed by atoms with Gasteiger partial charge >= 0.3 is 0 Å². The minimum absolute atomic E-state index is 0.619. The summed E-state index contributed by atoms with van der Waals surface area (Å²) in [4.78, 5) is 2.54. The smallest absolute Gasteiger partial charge is 0.0386 e. The van der Waals surface area contributed by atoms with Crippen molar-refractivity contribution < 1.29 is 0 Å². The van der Waals surface area contributed by atoms with Gasteiger partial charge in [0.1, 0.15) is 0 Å². The Morgan fingerprint density at radius 3 is 3.00 bits per heavy atom. The first kappa shape index (κ1) is 10.2. The predicted octanol–water partition coefficient (Wildman–Crippen LogP) is 1.97. The SMILES string of the molecule is CC1CNCCN1c1ccc2c(c1)CCC2. The molecule has 86 valence electrons. The fourth-order valence-electron chi connectivity index (χ4n) is 2.96. The number of benzene rings is 1. The van der Waals surface area contributed by atoms with Crippen LogP contribution in [0.4, 0.5) is 5.69 Å². The molecule has 1 unspecified atom stereocenters. The van der Waals surface area contributed by atoms with E-state index in [9.17, 15) is 0 Å². The average molecular weight is 216 g/mol. The molecule has 1 N–H and O–H groups in total. The van der Waals surface area contributed by atoms with Crippen LogP contribution in [0.25, 0.3) is 0 Å². The van der Waals surface area contributed by atoms with E-state index in [1.54, 1.807) is 11.1 Å². The maximum Gasteiger partial charge on any atom is 0.0386 e. The van der Waals surface area contributed by atoms with Gasteiger partial charge in [0.15, 0.2) is 0 Å². The highest BCUT2D eigenvalue weighted by Gasteiger charge is 2.19. The maximum atomic E-state index is 3.44. The number of rotatable bonds is 1. The van der Waals surface area contributed by atoms with Gasteiger partial charge in [-0.2, -0.15) is 0 Å². The van der Waals surface area contributed by atoms with Crippen LogP contribution in [0.1, 0.15) is 24.5 Å². The van der Waals surface area contributed by atoms with Crippen LogP contribution in [-0.2, 0) is 12.8 Å². The molecule has 0 radical (unpaired) electrons. The van der Waals surface area contributed by atoms with Crippen LogP contribution in [0.15, 0.2) is 18.2 Å². The monoisotopic (exact) mass is 216 g/mol. The molecule has 2 heteroatoms. The van der Waals surface area contributed by atoms with Gasteiger partial charge in [-0.3, -0.25) is 0 Å². The molecule has 0 amide bonds. The minimum Gasteiger partial charge on any atom is -0.366 e. The Kier molecular flexibility index (Phi) is 2.60. The highest BCUT2D eigenvalue weighted by Crippen LogP contribution is 2.27. The summed E-state index contributed by atoms with van der Waals surface area (Å²) >= 11 is 0. The summed E-state index contributed by atoms with van der Waals surface area (Å²) in [5, 5.41) is 3.44. The Balaban J connectivity index is 1.88. The Morgan fingerprint density at radius 1 is 1.25 bits per heavy atom. The average Bonchev–Trinajstić information content (AvgIpc) is 2.76. The summed E-state index contributed by atoms with van der Waals surface area (Å²) in [6.07, 6.45) is 3.91. The maximum absolute atomic E-state index is 3.44. The molecule has 16 heavy (non-hydrogen) atoms. The summed E-state index contributed by atoms with van der Waals surface area (Å²) in [5.74, 6) is 0. The van der Waals surface area contributed by atoms with Gasteiger partial charge in [-0.1, -0.05) is 6.07 Å². The van der Waals surface area contributed by atoms with Crippen molar-refractivity contribution in [2.45, 2.75) is 32.2 Å². The molecule has 1 saturated heterocycles. The van der Waals surface area contributed by atoms with Crippen LogP contribution in [0, 0.1) is 0 Å². The summed E-state index contributed by atoms with van der Waals surface area (Å²) in [6, 6.07) is 7.69. The van der Waals surface area contributed by atoms with Gasteiger partial charge < -0.3 is 10.2 Å². The van der Waals surface area contributed by atoms with Crippen LogP contribution in [0.2, 0.25) is 0 Å². The molecule has 1 fully saturated rings. The standard InChI is InChI=1S/C14H20N2/c1-11-10-15-7-8-16(11)14-6-5-12-3-2-4-13(12)9-14/h5-6,9,11,15H,2-4,7-8,10H2,1H3. The lowest BCUT2D eigenvalue weighted by molar-refractivity contribution is 0.501. The van der Waals surface area contributed by atoms with Crippen molar-refractivity contribution in [3.05, 3.63) is 29.3 Å². The molecule has 1 aromatic rings. The van der Waals surface area contributed by atoms with Gasteiger partial charge in [0.05, 0.1) is 0 Å². The normalized spacial score (nSPS) is 24.6. The van der Waals surface area contributed by atoms with Gasteiger partial charge in [0.2, 0.25) is 0 Å². The summed E-state index contributed by atoms with van der Waals surface area (Å²) < 4.78 is 0. The second kappa shape index (κ2) is 4.10. The van der Waals surface area contributed by atoms with Gasteiger partial charge in [-0.05, 0) is 49.4 Å². The van der Waals surface area contributed by atoms with Crippen molar-refractivity contribution in [3.63, 3.8) is 0 Å². The largest absolute Gasteiger partial charge is 0.366 e. The van der Waals surface area contributed by atoms with E-state index in [4.69, 9.17) is 0 Å². The molecule has 1 aliphatic carbocycles. The van der Waals surface area contributed by atoms with E-state index < -0.39 is 0 Å². The zero-order chi connectivity index (χ0) is 11.0. The van der Waals surface area contributed by atoms with Crippen LogP contribution in [-0.4, -0.2) is 25.7 Å². The highest BCUT2D eigenvalue weighted by atomic mass is 15.2. The molecule has 1 aliphatic heterocycles. The molecule has 2 aliphatic rings. The third-order valence-corrected chi connectivity index (χ3v) is 3.92. The second-order valence-electron chi connectivity index (χ2n) is 5.05. The lowest BCUT2D eigenvalue weighted by atomic mass is 10.1. The van der Waals surface area contributed by atoms with Crippen LogP contribution in [0.5, 0.6) is 0 Å². The van der Waals surface area contributed by atoms with E-state index in [-0.39, 0.29) is 0 Å². The number of hydrogen-bond acceptors (Lipinski definition) is 2. The molecule has 0 aromatic heterocycles. The molecule has 0 bridgehead atoms. The highest BCUT2D eigenvalue weighted by molar-refractivity contribution is 5.53. The summed E-state index contributed by atoms with van der Waals surface area (Å²) in [5.41, 5.74) is 4.59. The first-order valence-corrected chi connectivity index (χ1v) is 6.44. The summed E-state index contributed by atoms with van der Waals surface area (Å²) in [6.45, 7) is 5.66. The van der Waals surface area contributed by atoms with E-state index in [1.807, 2.05) is 0 Å². The summed E-state index contributed by atoms with van der Waals surface area (Å²) in [7, 11) is 0. The van der Waals surface area contributed by atoms with Crippen LogP contribution < -0.4 is 10.2 Å². The predicted molar refractivity (Wildman–Crippen MR) is 68.1 cm³/mol. The van der Waals surface area contributed by atoms with E-state index in [0.29, 0.717) is 6.04 Å². The first-order chi connectivity index (χ1) is 7.84. The van der Waals surface area contributed by atoms with Gasteiger partial charge in [0, 0.05) is 31.4 Å². The molecule has 0 spiro atoms. The molecule has 1 heterocycles. The van der Waals surface area contributed by atoms with Gasteiger partial charge in [-0.15, -0.1) is 0 Å². The van der Waals surface area contributed by atoms with Crippen molar-refractivity contribution in [2.24, 2.45) is 0 Å². The molecule has 0 saturated carbocycles. The molecule has 2 nitrogen and oxygen atoms in total. The van der Waals surface area contributed by atoms with Crippen molar-refractivity contribution in [1.29, 1.82) is 0 Å². The van der Waals surface area contributed by atoms with Crippen LogP contribution in [0.3, 0.4) is 0 Å². The van der Waals surface area contributed by atoms with E-state index in [0.717, 1.165) is 19.6 Å². The third kappa shape index (κ3) is 1.71. The number of nitrogens with zero attached hydrogens (tertiary/aromatic N) is 1. The number of nitrogens with one attached hydrogen (secondary N) is 1. The quantitative estimate of drug-likeness (QED) is 0.772. The first-order valence-electron chi connectivity index (χ1n) is 6.44. The molecule has 1 atom stereocenters. The number of fused-ring (bicyclic) bond motifs is 1. The fourth-order valence-corrected chi connectivity index (χ4v) is 2.96. The second-order valence-corrected chi connectivity index (χ2v) is 5.05. The number of anilines is 1. The van der Waals surface area contributed by atoms with Gasteiger partial charge in [0.25, 0.3) is 0 Å². The molecular formula is C14H20N2. The Hall–Kier alpha value is -1.02. The number of hydrogen-bond donors (Lipinski definition) is 1. The lowest BCUT2D eigenvalue weighted by Crippen LogP contribution is -2.49. The Morgan fingerprint density at radius 2 is 2.12 bits per heavy atom. The van der Waals surface area contributed by atoms with Crippen molar-refractivity contribution >= 4 is 5.69 Å². The van der Waals surface area contributed by atoms with Crippen LogP contribution >= 0.6 is 0 Å². The minimum atomic E-state index is 0.619. The number of piperazine rings is 1. The van der Waals surface area contributed by atoms with E-state index in [1.165, 1.54) is 24.9 Å². The zero-order valence-corrected chi connectivity index (χ0v) is 10.00. The Labute approximate surface area is 97.6 Å². The molecular weight excluding hydrogens is 196 g/mol. The van der Waals surface area contributed by atoms with E-state index in [2.05, 4.69) is 35.3 Å². The molecule has 3 rings (SSSR count). The molecule has 1 aromatic carbocycles. The lowest BCUT2D eigenvalue weighted by Gasteiger charge is -2.36. The number of aryl methyl sites for hydroxylation is 2. The van der Waals surface area contributed by atoms with E-state index >= 15 is 0 Å². The van der Waals surface area contributed by atoms with Gasteiger partial charge in [-0.25, -0.2) is 0 Å². The van der Waals surface area contributed by atoms with Crippen molar-refractivity contribution in [3.8, 4) is 0 Å². The van der Waals surface area contributed by atoms with Crippen molar-refractivity contribution in [2.75, 3.05) is 24.5 Å². The third-order valence-electron chi connectivity index (χ3n) is 3.92. The zero-order valence-electron chi connectivity index (χ0n) is 10.00. The Bertz CT molecular complexity index is 386. The fraction of sp³-hybridized carbons (Fsp3) is 0.571. The van der Waals surface area contributed by atoms with Crippen molar-refractivity contribution in [1.82, 2.24) is 5.32 Å².